The highest BCUT2D eigenvalue weighted by Gasteiger charge is 2.38. The number of para-hydroxylation sites is 4. The van der Waals surface area contributed by atoms with Crippen LogP contribution in [0, 0.1) is 0 Å². The van der Waals surface area contributed by atoms with Gasteiger partial charge in [-0.05, 0) is 173 Å². The Bertz CT molecular complexity index is 3890. The van der Waals surface area contributed by atoms with Crippen LogP contribution in [-0.2, 0) is 10.8 Å². The van der Waals surface area contributed by atoms with E-state index in [-0.39, 0.29) is 10.8 Å². The molecule has 0 radical (unpaired) electrons. The van der Waals surface area contributed by atoms with Gasteiger partial charge in [0.15, 0.2) is 0 Å². The Morgan fingerprint density at radius 3 is 1.03 bits per heavy atom. The highest BCUT2D eigenvalue weighted by Crippen LogP contribution is 2.58. The normalized spacial score (nSPS) is 15.0. The maximum atomic E-state index is 2.53. The zero-order valence-electron chi connectivity index (χ0n) is 40.5. The lowest BCUT2D eigenvalue weighted by atomic mass is 9.79. The first kappa shape index (κ1) is 42.0. The summed E-state index contributed by atoms with van der Waals surface area (Å²) in [5.41, 5.74) is 22.6. The fourth-order valence-electron chi connectivity index (χ4n) is 12.8. The van der Waals surface area contributed by atoms with Crippen LogP contribution in [0.15, 0.2) is 238 Å². The third kappa shape index (κ3) is 5.94. The molecule has 11 aromatic carbocycles. The molecular formula is C68H48N2S2. The minimum absolute atomic E-state index is 0.150. The maximum Gasteiger partial charge on any atom is 0.0601 e. The van der Waals surface area contributed by atoms with Gasteiger partial charge in [0, 0.05) is 41.8 Å². The number of hydrogen-bond acceptors (Lipinski definition) is 4. The topological polar surface area (TPSA) is 6.48 Å². The number of benzene rings is 11. The molecule has 2 aliphatic heterocycles. The maximum absolute atomic E-state index is 2.53. The molecule has 0 spiro atoms. The average molecular weight is 957 g/mol. The second-order valence-electron chi connectivity index (χ2n) is 20.8. The molecule has 0 fully saturated rings. The van der Waals surface area contributed by atoms with Gasteiger partial charge in [0.25, 0.3) is 0 Å². The van der Waals surface area contributed by atoms with E-state index in [9.17, 15) is 0 Å². The van der Waals surface area contributed by atoms with Gasteiger partial charge in [0.2, 0.25) is 0 Å². The zero-order chi connectivity index (χ0) is 48.0. The predicted octanol–water partition coefficient (Wildman–Crippen LogP) is 19.8. The van der Waals surface area contributed by atoms with Crippen molar-refractivity contribution < 1.29 is 0 Å². The van der Waals surface area contributed by atoms with Crippen molar-refractivity contribution in [3.63, 3.8) is 0 Å². The average Bonchev–Trinajstić information content (AvgIpc) is 3.79. The second kappa shape index (κ2) is 15.4. The summed E-state index contributed by atoms with van der Waals surface area (Å²) in [5.74, 6) is 0. The smallest absolute Gasteiger partial charge is 0.0601 e. The molecule has 0 bridgehead atoms. The van der Waals surface area contributed by atoms with Crippen molar-refractivity contribution in [3.8, 4) is 44.5 Å². The molecule has 0 N–H and O–H groups in total. The summed E-state index contributed by atoms with van der Waals surface area (Å²) in [6, 6.07) is 82.7. The van der Waals surface area contributed by atoms with Crippen LogP contribution in [0.25, 0.3) is 66.1 Å². The number of rotatable bonds is 4. The Labute approximate surface area is 429 Å². The lowest BCUT2D eigenvalue weighted by molar-refractivity contribution is 0.660. The lowest BCUT2D eigenvalue weighted by Crippen LogP contribution is -2.15. The molecule has 342 valence electrons. The zero-order valence-corrected chi connectivity index (χ0v) is 42.1. The van der Waals surface area contributed by atoms with E-state index >= 15 is 0 Å². The van der Waals surface area contributed by atoms with E-state index in [0.29, 0.717) is 0 Å². The van der Waals surface area contributed by atoms with E-state index in [1.165, 1.54) is 131 Å². The summed E-state index contributed by atoms with van der Waals surface area (Å²) in [5, 5.41) is 4.94. The van der Waals surface area contributed by atoms with Crippen LogP contribution in [0.2, 0.25) is 0 Å². The molecule has 15 rings (SSSR count). The molecule has 0 saturated heterocycles. The van der Waals surface area contributed by atoms with Gasteiger partial charge in [0.05, 0.1) is 22.7 Å². The van der Waals surface area contributed by atoms with E-state index in [1.807, 2.05) is 23.5 Å². The van der Waals surface area contributed by atoms with Crippen LogP contribution < -0.4 is 9.80 Å². The highest BCUT2D eigenvalue weighted by atomic mass is 32.2. The number of fused-ring (bicyclic) bond motifs is 12. The summed E-state index contributed by atoms with van der Waals surface area (Å²) in [6.07, 6.45) is 0. The van der Waals surface area contributed by atoms with E-state index in [0.717, 1.165) is 11.4 Å². The standard InChI is InChI=1S/C68H48N2S2/c1-67(2)53-19-7-5-17-45(53)47-33-29-41(37-55(47)67)65-49-35-31-43(69-57-21-9-13-25-61(57)71-62-26-14-10-22-58(62)69)39-51(49)66(42-30-34-48-46-18-6-8-20-54(46)68(3,4)56(48)38-42)52-40-44(32-36-50(52)65)70-59-23-11-15-27-63(59)72-64-28-16-12-24-60(64)70/h5-40H,1-4H3. The van der Waals surface area contributed by atoms with Gasteiger partial charge in [-0.2, -0.15) is 0 Å². The molecule has 4 heteroatoms. The summed E-state index contributed by atoms with van der Waals surface area (Å²) in [6.45, 7) is 9.59. The second-order valence-corrected chi connectivity index (χ2v) is 23.0. The molecule has 0 atom stereocenters. The molecule has 4 aliphatic rings. The number of hydrogen-bond donors (Lipinski definition) is 0. The van der Waals surface area contributed by atoms with Crippen molar-refractivity contribution in [2.75, 3.05) is 9.80 Å². The molecule has 11 aromatic rings. The van der Waals surface area contributed by atoms with Gasteiger partial charge in [-0.3, -0.25) is 0 Å². The summed E-state index contributed by atoms with van der Waals surface area (Å²) in [4.78, 5) is 9.99. The van der Waals surface area contributed by atoms with Gasteiger partial charge in [-0.25, -0.2) is 0 Å². The van der Waals surface area contributed by atoms with Crippen LogP contribution in [-0.4, -0.2) is 0 Å². The Balaban J connectivity index is 1.07. The third-order valence-corrected chi connectivity index (χ3v) is 18.5. The van der Waals surface area contributed by atoms with E-state index in [2.05, 4.69) is 256 Å². The van der Waals surface area contributed by atoms with Crippen LogP contribution >= 0.6 is 23.5 Å². The molecule has 2 heterocycles. The fraction of sp³-hybridized carbons (Fsp3) is 0.0882. The largest absolute Gasteiger partial charge is 0.308 e. The van der Waals surface area contributed by atoms with Crippen LogP contribution in [0.3, 0.4) is 0 Å². The first-order chi connectivity index (χ1) is 35.2. The minimum Gasteiger partial charge on any atom is -0.308 e. The molecule has 2 aliphatic carbocycles. The molecule has 72 heavy (non-hydrogen) atoms. The Hall–Kier alpha value is -7.76. The van der Waals surface area contributed by atoms with Crippen molar-refractivity contribution in [1.82, 2.24) is 0 Å². The first-order valence-corrected chi connectivity index (χ1v) is 26.7. The van der Waals surface area contributed by atoms with Gasteiger partial charge in [-0.15, -0.1) is 0 Å². The lowest BCUT2D eigenvalue weighted by Gasteiger charge is -2.34. The Morgan fingerprint density at radius 1 is 0.292 bits per heavy atom. The molecule has 0 amide bonds. The van der Waals surface area contributed by atoms with E-state index < -0.39 is 0 Å². The SMILES string of the molecule is CC1(C)c2ccccc2-c2ccc(-c3c4ccc(N5c6ccccc6Sc6ccccc65)cc4c(-c4ccc5c(c4)C(C)(C)c4ccccc4-5)c4cc(N5c6ccccc6Sc6ccccc65)ccc34)cc21. The fourth-order valence-corrected chi connectivity index (χ4v) is 14.9. The summed E-state index contributed by atoms with van der Waals surface area (Å²) >= 11 is 3.71. The molecular weight excluding hydrogens is 909 g/mol. The van der Waals surface area contributed by atoms with Gasteiger partial charge >= 0.3 is 0 Å². The van der Waals surface area contributed by atoms with Crippen molar-refractivity contribution >= 4 is 79.2 Å². The van der Waals surface area contributed by atoms with Gasteiger partial charge < -0.3 is 9.80 Å². The van der Waals surface area contributed by atoms with Crippen molar-refractivity contribution in [3.05, 3.63) is 241 Å². The highest BCUT2D eigenvalue weighted by molar-refractivity contribution is 8.00. The Kier molecular flexibility index (Phi) is 8.96. The quantitative estimate of drug-likeness (QED) is 0.162. The number of nitrogens with zero attached hydrogens (tertiary/aromatic N) is 2. The van der Waals surface area contributed by atoms with Crippen molar-refractivity contribution in [1.29, 1.82) is 0 Å². The van der Waals surface area contributed by atoms with E-state index in [1.54, 1.807) is 0 Å². The van der Waals surface area contributed by atoms with Crippen molar-refractivity contribution in [2.24, 2.45) is 0 Å². The van der Waals surface area contributed by atoms with Gasteiger partial charge in [0.1, 0.15) is 0 Å². The monoisotopic (exact) mass is 956 g/mol. The minimum atomic E-state index is -0.170. The predicted molar refractivity (Wildman–Crippen MR) is 305 cm³/mol. The van der Waals surface area contributed by atoms with E-state index in [4.69, 9.17) is 0 Å². The number of anilines is 6. The first-order valence-electron chi connectivity index (χ1n) is 25.1. The summed E-state index contributed by atoms with van der Waals surface area (Å²) < 4.78 is 0. The molecule has 0 saturated carbocycles. The Morgan fingerprint density at radius 2 is 0.625 bits per heavy atom. The van der Waals surface area contributed by atoms with Crippen LogP contribution in [0.4, 0.5) is 34.1 Å². The van der Waals surface area contributed by atoms with Crippen molar-refractivity contribution in [2.45, 2.75) is 58.1 Å². The van der Waals surface area contributed by atoms with Gasteiger partial charge in [-0.1, -0.05) is 185 Å². The molecule has 2 nitrogen and oxygen atoms in total. The van der Waals surface area contributed by atoms with Crippen LogP contribution in [0.1, 0.15) is 49.9 Å². The van der Waals surface area contributed by atoms with Crippen LogP contribution in [0.5, 0.6) is 0 Å². The molecule has 0 unspecified atom stereocenters. The third-order valence-electron chi connectivity index (χ3n) is 16.2. The summed E-state index contributed by atoms with van der Waals surface area (Å²) in [7, 11) is 0. The molecule has 0 aromatic heterocycles.